The van der Waals surface area contributed by atoms with Crippen molar-refractivity contribution in [1.82, 2.24) is 17.9 Å². The number of aromatic nitrogens is 4. The van der Waals surface area contributed by atoms with Gasteiger partial charge in [0.05, 0.1) is 66.1 Å². The lowest BCUT2D eigenvalue weighted by atomic mass is 10.00. The maximum Gasteiger partial charge on any atom is 0.0645 e. The quantitative estimate of drug-likeness (QED) is 0.164. The van der Waals surface area contributed by atoms with Crippen LogP contribution in [0.3, 0.4) is 0 Å². The predicted molar refractivity (Wildman–Crippen MR) is 310 cm³/mol. The first-order chi connectivity index (χ1) is 39.0. The van der Waals surface area contributed by atoms with Crippen molar-refractivity contribution < 1.29 is 11.0 Å². The molecular weight excluding hydrogens is 913 g/mol. The van der Waals surface area contributed by atoms with Crippen molar-refractivity contribution in [1.29, 1.82) is 0 Å². The summed E-state index contributed by atoms with van der Waals surface area (Å²) in [6, 6.07) is 54.4. The topological polar surface area (TPSA) is 18.7 Å². The summed E-state index contributed by atoms with van der Waals surface area (Å²) in [5.74, 6) is 0. The third-order valence-corrected chi connectivity index (χ3v) is 18.2. The summed E-state index contributed by atoms with van der Waals surface area (Å²) in [6.07, 6.45) is 0. The van der Waals surface area contributed by atoms with Crippen molar-refractivity contribution >= 4 is 183 Å². The van der Waals surface area contributed by atoms with Crippen LogP contribution in [0.15, 0.2) is 206 Å². The molecule has 0 saturated carbocycles. The van der Waals surface area contributed by atoms with Gasteiger partial charge in [-0.05, 0) is 97.0 Å². The molecule has 0 atom stereocenters. The molecule has 0 saturated heterocycles. The lowest BCUT2D eigenvalue weighted by molar-refractivity contribution is 1.18. The highest BCUT2D eigenvalue weighted by Gasteiger charge is 2.28. The zero-order valence-corrected chi connectivity index (χ0v) is 39.2. The Kier molecular flexibility index (Phi) is 5.39. The van der Waals surface area contributed by atoms with E-state index in [1.807, 2.05) is 57.7 Å². The molecule has 6 heteroatoms. The maximum absolute atomic E-state index is 9.28. The Morgan fingerprint density at radius 1 is 0.278 bits per heavy atom. The van der Waals surface area contributed by atoms with Crippen LogP contribution in [-0.2, 0) is 0 Å². The van der Waals surface area contributed by atoms with Crippen LogP contribution < -0.4 is 0 Å². The van der Waals surface area contributed by atoms with Crippen molar-refractivity contribution in [2.75, 3.05) is 0 Å². The van der Waals surface area contributed by atoms with Crippen molar-refractivity contribution in [3.05, 3.63) is 206 Å². The summed E-state index contributed by atoms with van der Waals surface area (Å²) < 4.78 is 85.3. The molecule has 11 aromatic carbocycles. The lowest BCUT2D eigenvalue weighted by Gasteiger charge is -2.09. The number of nitrogens with zero attached hydrogens (tertiary/aromatic N) is 4. The van der Waals surface area contributed by atoms with Gasteiger partial charge in [-0.3, -0.25) is 0 Å². The molecule has 0 bridgehead atoms. The molecule has 0 aliphatic heterocycles. The molecule has 330 valence electrons. The van der Waals surface area contributed by atoms with Gasteiger partial charge in [0.15, 0.2) is 0 Å². The van der Waals surface area contributed by atoms with Gasteiger partial charge in [-0.15, -0.1) is 22.7 Å². The lowest BCUT2D eigenvalue weighted by Crippen LogP contribution is -1.94. The SMILES string of the molecule is [2H]c1c([2H])c([2H])c2c(c1[2H])c1ccccc1n2-c1ccc2c(c1)c1c3c(cc4c5cc6c(cc5n2c41)c1cc2sc4ccccc4c2c2c4cc(-n5c7ccccc7c7c([2H])c([2H])c([2H])c([2H])c75)ccc4n6c12)sc1ccccc13. The first-order valence-corrected chi connectivity index (χ1v) is 25.7. The fourth-order valence-corrected chi connectivity index (χ4v) is 15.6. The molecule has 8 aromatic heterocycles. The van der Waals surface area contributed by atoms with Crippen LogP contribution in [-0.4, -0.2) is 17.9 Å². The summed E-state index contributed by atoms with van der Waals surface area (Å²) in [6.45, 7) is 0. The van der Waals surface area contributed by atoms with Gasteiger partial charge in [-0.25, -0.2) is 0 Å². The van der Waals surface area contributed by atoms with E-state index >= 15 is 0 Å². The third kappa shape index (κ3) is 4.27. The van der Waals surface area contributed by atoms with Gasteiger partial charge in [0.1, 0.15) is 0 Å². The van der Waals surface area contributed by atoms with E-state index in [4.69, 9.17) is 8.22 Å². The molecule has 0 unspecified atom stereocenters. The summed E-state index contributed by atoms with van der Waals surface area (Å²) in [5.41, 5.74) is 10.7. The van der Waals surface area contributed by atoms with E-state index in [1.165, 1.54) is 40.3 Å². The van der Waals surface area contributed by atoms with Gasteiger partial charge >= 0.3 is 0 Å². The smallest absolute Gasteiger partial charge is 0.0645 e. The number of thiophene rings is 2. The molecular formula is C66H34N4S2. The summed E-state index contributed by atoms with van der Waals surface area (Å²) >= 11 is 3.61. The van der Waals surface area contributed by atoms with E-state index < -0.39 is 0 Å². The number of hydrogen-bond donors (Lipinski definition) is 0. The van der Waals surface area contributed by atoms with Crippen molar-refractivity contribution in [3.8, 4) is 11.4 Å². The Morgan fingerprint density at radius 3 is 1.19 bits per heavy atom. The summed E-state index contributed by atoms with van der Waals surface area (Å²) in [5, 5.41) is 16.3. The largest absolute Gasteiger partial charge is 0.309 e. The van der Waals surface area contributed by atoms with Crippen LogP contribution in [0.5, 0.6) is 0 Å². The molecule has 72 heavy (non-hydrogen) atoms. The average Bonchev–Trinajstić information content (AvgIpc) is 4.36. The Hall–Kier alpha value is -8.94. The van der Waals surface area contributed by atoms with Crippen LogP contribution in [0, 0.1) is 0 Å². The van der Waals surface area contributed by atoms with Gasteiger partial charge in [0.2, 0.25) is 0 Å². The highest BCUT2D eigenvalue weighted by Crippen LogP contribution is 2.52. The molecule has 0 aliphatic rings. The van der Waals surface area contributed by atoms with Crippen LogP contribution in [0.2, 0.25) is 0 Å². The Labute approximate surface area is 427 Å². The van der Waals surface area contributed by atoms with Gasteiger partial charge < -0.3 is 17.9 Å². The van der Waals surface area contributed by atoms with E-state index in [-0.39, 0.29) is 48.3 Å². The number of benzene rings is 11. The fourth-order valence-electron chi connectivity index (χ4n) is 13.3. The van der Waals surface area contributed by atoms with Crippen molar-refractivity contribution in [3.63, 3.8) is 0 Å². The number of hydrogen-bond acceptors (Lipinski definition) is 2. The van der Waals surface area contributed by atoms with E-state index in [0.29, 0.717) is 21.8 Å². The molecule has 0 amide bonds. The minimum Gasteiger partial charge on any atom is -0.309 e. The molecule has 19 rings (SSSR count). The average molecular weight is 955 g/mol. The zero-order chi connectivity index (χ0) is 53.2. The minimum absolute atomic E-state index is 0.0448. The summed E-state index contributed by atoms with van der Waals surface area (Å²) in [4.78, 5) is 0. The third-order valence-electron chi connectivity index (χ3n) is 16.0. The predicted octanol–water partition coefficient (Wildman–Crippen LogP) is 18.9. The summed E-state index contributed by atoms with van der Waals surface area (Å²) in [7, 11) is 0. The van der Waals surface area contributed by atoms with Gasteiger partial charge in [0, 0.05) is 116 Å². The number of rotatable bonds is 2. The second-order valence-electron chi connectivity index (χ2n) is 19.4. The first kappa shape index (κ1) is 30.6. The van der Waals surface area contributed by atoms with Crippen LogP contribution >= 0.6 is 22.7 Å². The van der Waals surface area contributed by atoms with E-state index in [2.05, 4.69) is 118 Å². The standard InChI is InChI=1S/C66H34N4S2/c1-7-19-49-37(13-1)38-14-2-8-20-50(38)67(49)35-25-27-53-47(29-35)63-61-41-17-5-11-23-57(41)71-59(61)33-45-43-32-56-44(31-55(43)69(53)65(45)63)46-34-60-62(42-18-6-12-24-58(42)72-60)64-48-30-36(26-28-54(48)70(56)66(46)64)68-51-21-9-3-15-39(51)40-16-4-10-22-52(40)68/h1-34H/i1D,3D,7D,9D,13D,15D,19D,21D. The van der Waals surface area contributed by atoms with E-state index in [9.17, 15) is 2.74 Å². The fraction of sp³-hybridized carbons (Fsp3) is 0. The molecule has 0 aliphatic carbocycles. The molecule has 4 nitrogen and oxygen atoms in total. The van der Waals surface area contributed by atoms with Crippen molar-refractivity contribution in [2.24, 2.45) is 0 Å². The Morgan fingerprint density at radius 2 is 0.708 bits per heavy atom. The highest BCUT2D eigenvalue weighted by atomic mass is 32.1. The Bertz CT molecular complexity index is 5780. The van der Waals surface area contributed by atoms with Crippen LogP contribution in [0.1, 0.15) is 11.0 Å². The van der Waals surface area contributed by atoms with Gasteiger partial charge in [0.25, 0.3) is 0 Å². The second kappa shape index (κ2) is 12.7. The van der Waals surface area contributed by atoms with Crippen LogP contribution in [0.25, 0.3) is 172 Å². The zero-order valence-electron chi connectivity index (χ0n) is 45.6. The normalized spacial score (nSPS) is 14.6. The molecule has 0 N–H and O–H groups in total. The maximum atomic E-state index is 9.28. The monoisotopic (exact) mass is 954 g/mol. The van der Waals surface area contributed by atoms with Gasteiger partial charge in [-0.1, -0.05) is 109 Å². The number of fused-ring (bicyclic) bond motifs is 26. The second-order valence-corrected chi connectivity index (χ2v) is 21.5. The highest BCUT2D eigenvalue weighted by molar-refractivity contribution is 7.26. The molecule has 8 heterocycles. The van der Waals surface area contributed by atoms with Crippen molar-refractivity contribution in [2.45, 2.75) is 0 Å². The molecule has 0 fully saturated rings. The minimum atomic E-state index is -0.257. The van der Waals surface area contributed by atoms with Gasteiger partial charge in [-0.2, -0.15) is 0 Å². The molecule has 19 aromatic rings. The first-order valence-electron chi connectivity index (χ1n) is 28.1. The van der Waals surface area contributed by atoms with E-state index in [1.54, 1.807) is 22.7 Å². The number of para-hydroxylation sites is 4. The molecule has 0 radical (unpaired) electrons. The van der Waals surface area contributed by atoms with Crippen LogP contribution in [0.4, 0.5) is 0 Å². The Balaban J connectivity index is 0.952. The molecule has 0 spiro atoms. The van der Waals surface area contributed by atoms with E-state index in [0.717, 1.165) is 109 Å².